The largest absolute Gasteiger partial charge is 0.161 e. The molecule has 1 unspecified atom stereocenters. The summed E-state index contributed by atoms with van der Waals surface area (Å²) in [5, 5.41) is 0. The van der Waals surface area contributed by atoms with Crippen molar-refractivity contribution < 1.29 is 0 Å². The van der Waals surface area contributed by atoms with E-state index in [1.807, 2.05) is 0 Å². The topological polar surface area (TPSA) is 0 Å². The lowest BCUT2D eigenvalue weighted by molar-refractivity contribution is 0.248. The molecule has 2 bridgehead atoms. The van der Waals surface area contributed by atoms with Crippen molar-refractivity contribution in [2.45, 2.75) is 26.7 Å². The number of rotatable bonds is 0. The van der Waals surface area contributed by atoms with Gasteiger partial charge in [-0.25, -0.2) is 0 Å². The molecule has 0 nitrogen and oxygen atoms in total. The first-order chi connectivity index (χ1) is 4.72. The number of hydrogen-bond donors (Lipinski definition) is 0. The summed E-state index contributed by atoms with van der Waals surface area (Å²) in [6.45, 7) is 4.93. The van der Waals surface area contributed by atoms with E-state index in [0.29, 0.717) is 5.41 Å². The molecule has 3 atom stereocenters. The molecule has 1 heteroatoms. The monoisotopic (exact) mass is 156 g/mol. The van der Waals surface area contributed by atoms with E-state index in [-0.39, 0.29) is 0 Å². The van der Waals surface area contributed by atoms with Gasteiger partial charge in [-0.2, -0.15) is 11.8 Å². The van der Waals surface area contributed by atoms with Crippen molar-refractivity contribution in [2.75, 3.05) is 11.5 Å². The Morgan fingerprint density at radius 3 is 2.90 bits per heavy atom. The van der Waals surface area contributed by atoms with Crippen LogP contribution in [-0.2, 0) is 0 Å². The standard InChI is InChI=1S/C9H16S/c1-7-8-3-4-9(7,2)6-10-5-8/h7-8H,3-6H2,1-2H3/t7?,8-,9+/m0/s1. The maximum Gasteiger partial charge on any atom is -0.00107 e. The summed E-state index contributed by atoms with van der Waals surface area (Å²) in [7, 11) is 0. The third-order valence-electron chi connectivity index (χ3n) is 3.66. The summed E-state index contributed by atoms with van der Waals surface area (Å²) in [6, 6.07) is 0. The summed E-state index contributed by atoms with van der Waals surface area (Å²) < 4.78 is 0. The minimum absolute atomic E-state index is 0.716. The van der Waals surface area contributed by atoms with E-state index in [2.05, 4.69) is 25.6 Å². The van der Waals surface area contributed by atoms with Crippen LogP contribution < -0.4 is 0 Å². The Kier molecular flexibility index (Phi) is 1.52. The maximum atomic E-state index is 2.48. The minimum atomic E-state index is 0.716. The van der Waals surface area contributed by atoms with Crippen LogP contribution in [0.2, 0.25) is 0 Å². The summed E-state index contributed by atoms with van der Waals surface area (Å²) >= 11 is 2.18. The second kappa shape index (κ2) is 2.17. The quantitative estimate of drug-likeness (QED) is 0.519. The van der Waals surface area contributed by atoms with Gasteiger partial charge in [0.15, 0.2) is 0 Å². The Morgan fingerprint density at radius 1 is 1.50 bits per heavy atom. The normalized spacial score (nSPS) is 53.4. The molecule has 1 aliphatic heterocycles. The summed E-state index contributed by atoms with van der Waals surface area (Å²) in [6.07, 6.45) is 3.00. The average molecular weight is 156 g/mol. The van der Waals surface area contributed by atoms with Crippen LogP contribution in [0.5, 0.6) is 0 Å². The third-order valence-corrected chi connectivity index (χ3v) is 5.18. The first kappa shape index (κ1) is 7.02. The van der Waals surface area contributed by atoms with Crippen LogP contribution >= 0.6 is 11.8 Å². The zero-order valence-electron chi connectivity index (χ0n) is 6.89. The van der Waals surface area contributed by atoms with Gasteiger partial charge in [-0.3, -0.25) is 0 Å². The Bertz CT molecular complexity index is 140. The number of hydrogen-bond acceptors (Lipinski definition) is 1. The average Bonchev–Trinajstić information content (AvgIpc) is 2.18. The predicted molar refractivity (Wildman–Crippen MR) is 47.3 cm³/mol. The van der Waals surface area contributed by atoms with E-state index in [0.717, 1.165) is 11.8 Å². The van der Waals surface area contributed by atoms with Gasteiger partial charge in [-0.15, -0.1) is 0 Å². The van der Waals surface area contributed by atoms with Crippen LogP contribution in [0.1, 0.15) is 26.7 Å². The van der Waals surface area contributed by atoms with Gasteiger partial charge in [0.2, 0.25) is 0 Å². The zero-order chi connectivity index (χ0) is 7.19. The van der Waals surface area contributed by atoms with E-state index in [4.69, 9.17) is 0 Å². The van der Waals surface area contributed by atoms with Gasteiger partial charge in [-0.05, 0) is 41.6 Å². The third kappa shape index (κ3) is 0.827. The number of fused-ring (bicyclic) bond motifs is 2. The summed E-state index contributed by atoms with van der Waals surface area (Å²) in [5.74, 6) is 4.93. The van der Waals surface area contributed by atoms with Crippen molar-refractivity contribution in [3.63, 3.8) is 0 Å². The highest BCUT2D eigenvalue weighted by atomic mass is 32.2. The molecule has 58 valence electrons. The first-order valence-electron chi connectivity index (χ1n) is 4.30. The van der Waals surface area contributed by atoms with E-state index in [1.165, 1.54) is 24.3 Å². The number of thioether (sulfide) groups is 1. The lowest BCUT2D eigenvalue weighted by atomic mass is 9.80. The molecular formula is C9H16S. The molecule has 0 amide bonds. The molecule has 1 aliphatic carbocycles. The first-order valence-corrected chi connectivity index (χ1v) is 5.46. The highest BCUT2D eigenvalue weighted by Gasteiger charge is 2.44. The molecule has 1 saturated heterocycles. The molecule has 0 spiro atoms. The Hall–Kier alpha value is 0.350. The second-order valence-electron chi connectivity index (χ2n) is 4.26. The van der Waals surface area contributed by atoms with Gasteiger partial charge in [0.05, 0.1) is 0 Å². The molecule has 0 aromatic carbocycles. The van der Waals surface area contributed by atoms with Crippen LogP contribution in [-0.4, -0.2) is 11.5 Å². The predicted octanol–water partition coefficient (Wildman–Crippen LogP) is 2.79. The minimum Gasteiger partial charge on any atom is -0.161 e. The lowest BCUT2D eigenvalue weighted by Crippen LogP contribution is -2.30. The highest BCUT2D eigenvalue weighted by molar-refractivity contribution is 7.99. The van der Waals surface area contributed by atoms with E-state index >= 15 is 0 Å². The molecule has 0 N–H and O–H groups in total. The van der Waals surface area contributed by atoms with Gasteiger partial charge in [0.1, 0.15) is 0 Å². The molecule has 1 saturated carbocycles. The van der Waals surface area contributed by atoms with Crippen molar-refractivity contribution in [3.8, 4) is 0 Å². The molecule has 0 aromatic heterocycles. The summed E-state index contributed by atoms with van der Waals surface area (Å²) in [5.41, 5.74) is 0.716. The van der Waals surface area contributed by atoms with E-state index < -0.39 is 0 Å². The Labute approximate surface area is 67.8 Å². The van der Waals surface area contributed by atoms with Gasteiger partial charge in [-0.1, -0.05) is 13.8 Å². The van der Waals surface area contributed by atoms with Crippen LogP contribution in [0.3, 0.4) is 0 Å². The van der Waals surface area contributed by atoms with Crippen LogP contribution in [0.25, 0.3) is 0 Å². The summed E-state index contributed by atoms with van der Waals surface area (Å²) in [4.78, 5) is 0. The molecule has 2 rings (SSSR count). The molecule has 0 radical (unpaired) electrons. The van der Waals surface area contributed by atoms with Crippen LogP contribution in [0, 0.1) is 17.3 Å². The second-order valence-corrected chi connectivity index (χ2v) is 5.29. The van der Waals surface area contributed by atoms with Crippen molar-refractivity contribution in [3.05, 3.63) is 0 Å². The van der Waals surface area contributed by atoms with Crippen LogP contribution in [0.4, 0.5) is 0 Å². The van der Waals surface area contributed by atoms with Gasteiger partial charge in [0.25, 0.3) is 0 Å². The molecule has 10 heavy (non-hydrogen) atoms. The molecule has 0 aromatic rings. The fraction of sp³-hybridized carbons (Fsp3) is 1.00. The fourth-order valence-electron chi connectivity index (χ4n) is 2.44. The SMILES string of the molecule is CC1[C@H]2CC[C@]1(C)CSC2. The lowest BCUT2D eigenvalue weighted by Gasteiger charge is -2.35. The van der Waals surface area contributed by atoms with Crippen molar-refractivity contribution >= 4 is 11.8 Å². The van der Waals surface area contributed by atoms with Crippen molar-refractivity contribution in [2.24, 2.45) is 17.3 Å². The van der Waals surface area contributed by atoms with Gasteiger partial charge in [0, 0.05) is 0 Å². The van der Waals surface area contributed by atoms with E-state index in [1.54, 1.807) is 0 Å². The highest BCUT2D eigenvalue weighted by Crippen LogP contribution is 2.53. The Morgan fingerprint density at radius 2 is 2.30 bits per heavy atom. The zero-order valence-corrected chi connectivity index (χ0v) is 7.71. The molecule has 2 aliphatic rings. The van der Waals surface area contributed by atoms with Crippen molar-refractivity contribution in [1.82, 2.24) is 0 Å². The van der Waals surface area contributed by atoms with Gasteiger partial charge >= 0.3 is 0 Å². The fourth-order valence-corrected chi connectivity index (χ4v) is 4.19. The van der Waals surface area contributed by atoms with Crippen LogP contribution in [0.15, 0.2) is 0 Å². The maximum absolute atomic E-state index is 2.48. The van der Waals surface area contributed by atoms with Gasteiger partial charge < -0.3 is 0 Å². The van der Waals surface area contributed by atoms with E-state index in [9.17, 15) is 0 Å². The Balaban J connectivity index is 2.21. The van der Waals surface area contributed by atoms with Crippen molar-refractivity contribution in [1.29, 1.82) is 0 Å². The smallest absolute Gasteiger partial charge is 0.00107 e. The molecule has 2 fully saturated rings. The molecular weight excluding hydrogens is 140 g/mol. The molecule has 1 heterocycles.